The molecule has 0 saturated heterocycles. The summed E-state index contributed by atoms with van der Waals surface area (Å²) in [7, 11) is 0. The molecule has 16 heavy (non-hydrogen) atoms. The molecule has 0 aliphatic heterocycles. The number of phenolic OH excluding ortho intramolecular Hbond substituents is 1. The SMILES string of the molecule is O=C(O)c1cc(Cc2cccc(O)c2)on1. The number of phenols is 1. The number of benzene rings is 1. The monoisotopic (exact) mass is 219 g/mol. The first-order valence-corrected chi connectivity index (χ1v) is 4.62. The lowest BCUT2D eigenvalue weighted by Crippen LogP contribution is -1.94. The maximum Gasteiger partial charge on any atom is 0.358 e. The second-order valence-electron chi connectivity index (χ2n) is 3.33. The Kier molecular flexibility index (Phi) is 2.59. The van der Waals surface area contributed by atoms with Gasteiger partial charge in [0.15, 0.2) is 5.69 Å². The van der Waals surface area contributed by atoms with Gasteiger partial charge in [0.05, 0.1) is 0 Å². The van der Waals surface area contributed by atoms with Gasteiger partial charge < -0.3 is 14.7 Å². The molecule has 0 unspecified atom stereocenters. The molecule has 0 fully saturated rings. The van der Waals surface area contributed by atoms with Crippen molar-refractivity contribution in [2.24, 2.45) is 0 Å². The summed E-state index contributed by atoms with van der Waals surface area (Å²) < 4.78 is 4.86. The van der Waals surface area contributed by atoms with Crippen molar-refractivity contribution in [3.63, 3.8) is 0 Å². The van der Waals surface area contributed by atoms with Crippen LogP contribution in [-0.2, 0) is 6.42 Å². The minimum atomic E-state index is -1.12. The molecule has 5 heteroatoms. The first-order chi connectivity index (χ1) is 7.65. The van der Waals surface area contributed by atoms with Crippen LogP contribution in [0, 0.1) is 0 Å². The highest BCUT2D eigenvalue weighted by Crippen LogP contribution is 2.15. The van der Waals surface area contributed by atoms with Crippen LogP contribution in [0.4, 0.5) is 0 Å². The van der Waals surface area contributed by atoms with Crippen LogP contribution in [0.1, 0.15) is 21.8 Å². The van der Waals surface area contributed by atoms with Crippen molar-refractivity contribution in [3.05, 3.63) is 47.3 Å². The number of hydrogen-bond acceptors (Lipinski definition) is 4. The number of hydrogen-bond donors (Lipinski definition) is 2. The van der Waals surface area contributed by atoms with Gasteiger partial charge in [-0.3, -0.25) is 0 Å². The summed E-state index contributed by atoms with van der Waals surface area (Å²) in [5, 5.41) is 21.3. The summed E-state index contributed by atoms with van der Waals surface area (Å²) in [6, 6.07) is 8.03. The Morgan fingerprint density at radius 3 is 2.81 bits per heavy atom. The Morgan fingerprint density at radius 1 is 1.38 bits per heavy atom. The summed E-state index contributed by atoms with van der Waals surface area (Å²) in [5.74, 6) is -0.510. The normalized spacial score (nSPS) is 10.2. The molecule has 0 amide bonds. The molecule has 5 nitrogen and oxygen atoms in total. The van der Waals surface area contributed by atoms with E-state index >= 15 is 0 Å². The largest absolute Gasteiger partial charge is 0.508 e. The van der Waals surface area contributed by atoms with Gasteiger partial charge in [0, 0.05) is 12.5 Å². The molecule has 1 aromatic carbocycles. The van der Waals surface area contributed by atoms with Gasteiger partial charge in [0.2, 0.25) is 0 Å². The Hall–Kier alpha value is -2.30. The molecule has 2 aromatic rings. The van der Waals surface area contributed by atoms with E-state index in [0.29, 0.717) is 12.2 Å². The number of aromatic hydroxyl groups is 1. The molecule has 2 N–H and O–H groups in total. The van der Waals surface area contributed by atoms with E-state index in [1.807, 2.05) is 6.07 Å². The van der Waals surface area contributed by atoms with Crippen molar-refractivity contribution in [2.45, 2.75) is 6.42 Å². The Labute approximate surface area is 90.9 Å². The Balaban J connectivity index is 2.17. The van der Waals surface area contributed by atoms with Crippen LogP contribution in [0.2, 0.25) is 0 Å². The molecule has 1 aromatic heterocycles. The van der Waals surface area contributed by atoms with E-state index in [1.165, 1.54) is 6.07 Å². The standard InChI is InChI=1S/C11H9NO4/c13-8-3-1-2-7(4-8)5-9-6-10(11(14)15)12-16-9/h1-4,6,13H,5H2,(H,14,15). The highest BCUT2D eigenvalue weighted by atomic mass is 16.5. The smallest absolute Gasteiger partial charge is 0.358 e. The molecule has 0 atom stereocenters. The molecule has 0 radical (unpaired) electrons. The molecule has 0 aliphatic carbocycles. The third-order valence-corrected chi connectivity index (χ3v) is 2.07. The molecule has 2 rings (SSSR count). The quantitative estimate of drug-likeness (QED) is 0.820. The van der Waals surface area contributed by atoms with Gasteiger partial charge in [-0.05, 0) is 17.7 Å². The van der Waals surface area contributed by atoms with E-state index in [9.17, 15) is 9.90 Å². The molecule has 0 aliphatic rings. The van der Waals surface area contributed by atoms with Gasteiger partial charge in [0.25, 0.3) is 0 Å². The van der Waals surface area contributed by atoms with E-state index in [0.717, 1.165) is 5.56 Å². The number of aromatic carboxylic acids is 1. The maximum absolute atomic E-state index is 10.6. The zero-order valence-electron chi connectivity index (χ0n) is 8.25. The third-order valence-electron chi connectivity index (χ3n) is 2.07. The molecule has 82 valence electrons. The van der Waals surface area contributed by atoms with Crippen molar-refractivity contribution in [3.8, 4) is 5.75 Å². The molecule has 0 bridgehead atoms. The molecule has 1 heterocycles. The van der Waals surface area contributed by atoms with Gasteiger partial charge in [-0.15, -0.1) is 0 Å². The lowest BCUT2D eigenvalue weighted by Gasteiger charge is -1.97. The van der Waals surface area contributed by atoms with Gasteiger partial charge in [-0.25, -0.2) is 4.79 Å². The van der Waals surface area contributed by atoms with Crippen molar-refractivity contribution in [1.29, 1.82) is 0 Å². The zero-order chi connectivity index (χ0) is 11.5. The van der Waals surface area contributed by atoms with Crippen LogP contribution < -0.4 is 0 Å². The number of aromatic nitrogens is 1. The van der Waals surface area contributed by atoms with Crippen LogP contribution in [-0.4, -0.2) is 21.3 Å². The zero-order valence-corrected chi connectivity index (χ0v) is 8.25. The summed E-state index contributed by atoms with van der Waals surface area (Å²) in [5.41, 5.74) is 0.711. The van der Waals surface area contributed by atoms with E-state index in [2.05, 4.69) is 5.16 Å². The van der Waals surface area contributed by atoms with Crippen molar-refractivity contribution >= 4 is 5.97 Å². The highest BCUT2D eigenvalue weighted by Gasteiger charge is 2.10. The van der Waals surface area contributed by atoms with Crippen molar-refractivity contribution in [2.75, 3.05) is 0 Å². The number of carboxylic acids is 1. The fourth-order valence-electron chi connectivity index (χ4n) is 1.36. The molecule has 0 saturated carbocycles. The van der Waals surface area contributed by atoms with Crippen LogP contribution in [0.5, 0.6) is 5.75 Å². The van der Waals surface area contributed by atoms with E-state index in [4.69, 9.17) is 9.63 Å². The maximum atomic E-state index is 10.6. The topological polar surface area (TPSA) is 83.6 Å². The second kappa shape index (κ2) is 4.06. The predicted octanol–water partition coefficient (Wildman–Crippen LogP) is 1.67. The fraction of sp³-hybridized carbons (Fsp3) is 0.0909. The summed E-state index contributed by atoms with van der Waals surface area (Å²) in [6.07, 6.45) is 0.397. The van der Waals surface area contributed by atoms with E-state index in [-0.39, 0.29) is 11.4 Å². The highest BCUT2D eigenvalue weighted by molar-refractivity contribution is 5.85. The summed E-state index contributed by atoms with van der Waals surface area (Å²) >= 11 is 0. The average molecular weight is 219 g/mol. The first kappa shape index (κ1) is 10.2. The Bertz CT molecular complexity index is 518. The molecular weight excluding hydrogens is 210 g/mol. The van der Waals surface area contributed by atoms with E-state index in [1.54, 1.807) is 18.2 Å². The molecule has 0 spiro atoms. The average Bonchev–Trinajstić information content (AvgIpc) is 2.66. The summed E-state index contributed by atoms with van der Waals surface area (Å²) in [6.45, 7) is 0. The lowest BCUT2D eigenvalue weighted by molar-refractivity contribution is 0.0685. The van der Waals surface area contributed by atoms with Gasteiger partial charge >= 0.3 is 5.97 Å². The molecular formula is C11H9NO4. The number of nitrogens with zero attached hydrogens (tertiary/aromatic N) is 1. The fourth-order valence-corrected chi connectivity index (χ4v) is 1.36. The van der Waals surface area contributed by atoms with Crippen LogP contribution in [0.15, 0.2) is 34.9 Å². The Morgan fingerprint density at radius 2 is 2.19 bits per heavy atom. The van der Waals surface area contributed by atoms with Crippen molar-refractivity contribution < 1.29 is 19.5 Å². The minimum absolute atomic E-state index is 0.116. The minimum Gasteiger partial charge on any atom is -0.508 e. The number of carboxylic acid groups (broad SMARTS) is 1. The van der Waals surface area contributed by atoms with Gasteiger partial charge in [-0.2, -0.15) is 0 Å². The van der Waals surface area contributed by atoms with Crippen LogP contribution in [0.3, 0.4) is 0 Å². The van der Waals surface area contributed by atoms with Gasteiger partial charge in [-0.1, -0.05) is 17.3 Å². The van der Waals surface area contributed by atoms with Crippen LogP contribution in [0.25, 0.3) is 0 Å². The van der Waals surface area contributed by atoms with Gasteiger partial charge in [0.1, 0.15) is 11.5 Å². The number of rotatable bonds is 3. The summed E-state index contributed by atoms with van der Waals surface area (Å²) in [4.78, 5) is 10.6. The first-order valence-electron chi connectivity index (χ1n) is 4.62. The number of carbonyl (C=O) groups is 1. The van der Waals surface area contributed by atoms with Crippen molar-refractivity contribution in [1.82, 2.24) is 5.16 Å². The van der Waals surface area contributed by atoms with E-state index < -0.39 is 5.97 Å². The predicted molar refractivity (Wildman–Crippen MR) is 54.4 cm³/mol. The van der Waals surface area contributed by atoms with Crippen LogP contribution >= 0.6 is 0 Å². The second-order valence-corrected chi connectivity index (χ2v) is 3.33. The third kappa shape index (κ3) is 2.20. The lowest BCUT2D eigenvalue weighted by atomic mass is 10.1.